The number of nitrogens with zero attached hydrogens (tertiary/aromatic N) is 3. The fourth-order valence-corrected chi connectivity index (χ4v) is 3.11. The molecule has 0 unspecified atom stereocenters. The Kier molecular flexibility index (Phi) is 5.83. The van der Waals surface area contributed by atoms with Crippen LogP contribution >= 0.6 is 0 Å². The third-order valence-electron chi connectivity index (χ3n) is 5.10. The monoisotopic (exact) mass is 333 g/mol. The van der Waals surface area contributed by atoms with Gasteiger partial charge in [-0.25, -0.2) is 4.98 Å². The van der Waals surface area contributed by atoms with E-state index in [1.807, 2.05) is 19.9 Å². The molecule has 0 radical (unpaired) electrons. The van der Waals surface area contributed by atoms with Gasteiger partial charge in [-0.05, 0) is 45.9 Å². The lowest BCUT2D eigenvalue weighted by Crippen LogP contribution is -2.57. The lowest BCUT2D eigenvalue weighted by Gasteiger charge is -2.44. The summed E-state index contributed by atoms with van der Waals surface area (Å²) < 4.78 is 0. The first-order valence-electron chi connectivity index (χ1n) is 8.74. The minimum atomic E-state index is -0.442. The summed E-state index contributed by atoms with van der Waals surface area (Å²) in [5.41, 5.74) is 7.85. The average molecular weight is 333 g/mol. The zero-order chi connectivity index (χ0) is 17.9. The number of carbonyl (C=O) groups is 1. The van der Waals surface area contributed by atoms with E-state index in [0.717, 1.165) is 50.5 Å². The lowest BCUT2D eigenvalue weighted by atomic mass is 10.0. The van der Waals surface area contributed by atoms with Gasteiger partial charge in [-0.1, -0.05) is 6.92 Å². The molecule has 6 heteroatoms. The minimum absolute atomic E-state index is 0.0186. The van der Waals surface area contributed by atoms with Gasteiger partial charge in [0.25, 0.3) is 5.91 Å². The number of nitrogens with one attached hydrogen (secondary N) is 1. The zero-order valence-electron chi connectivity index (χ0n) is 15.6. The summed E-state index contributed by atoms with van der Waals surface area (Å²) in [4.78, 5) is 21.2. The molecule has 3 N–H and O–H groups in total. The maximum absolute atomic E-state index is 11.7. The number of nitrogens with two attached hydrogens (primary N) is 1. The van der Waals surface area contributed by atoms with Crippen molar-refractivity contribution in [3.63, 3.8) is 0 Å². The van der Waals surface area contributed by atoms with Crippen LogP contribution < -0.4 is 11.1 Å². The normalized spacial score (nSPS) is 17.0. The molecular weight excluding hydrogens is 302 g/mol. The van der Waals surface area contributed by atoms with Gasteiger partial charge in [0.2, 0.25) is 0 Å². The Morgan fingerprint density at radius 2 is 1.92 bits per heavy atom. The van der Waals surface area contributed by atoms with E-state index in [-0.39, 0.29) is 5.54 Å². The molecule has 1 aliphatic heterocycles. The summed E-state index contributed by atoms with van der Waals surface area (Å²) in [6.07, 6.45) is 0. The highest BCUT2D eigenvalue weighted by Crippen LogP contribution is 2.21. The Hall–Kier alpha value is -1.66. The number of rotatable bonds is 6. The summed E-state index contributed by atoms with van der Waals surface area (Å²) in [5.74, 6) is 0.147. The number of hydrogen-bond acceptors (Lipinski definition) is 5. The van der Waals surface area contributed by atoms with E-state index in [1.165, 1.54) is 0 Å². The van der Waals surface area contributed by atoms with Crippen molar-refractivity contribution >= 4 is 11.7 Å². The van der Waals surface area contributed by atoms with Gasteiger partial charge < -0.3 is 16.0 Å². The van der Waals surface area contributed by atoms with Crippen LogP contribution in [0.25, 0.3) is 0 Å². The van der Waals surface area contributed by atoms with E-state index >= 15 is 0 Å². The molecule has 1 fully saturated rings. The molecule has 1 aromatic heterocycles. The van der Waals surface area contributed by atoms with Crippen molar-refractivity contribution in [2.45, 2.75) is 40.2 Å². The third kappa shape index (κ3) is 4.24. The fourth-order valence-electron chi connectivity index (χ4n) is 3.11. The average Bonchev–Trinajstić information content (AvgIpc) is 2.55. The minimum Gasteiger partial charge on any atom is -0.368 e. The molecule has 1 aromatic rings. The standard InChI is InChI=1S/C18H31N5O/c1-6-22-7-9-23(10-8-22)18(4,5)12-20-17-15(16(19)24)11-13(2)14(3)21-17/h11H,6-10,12H2,1-5H3,(H2,19,24)(H,20,21). The van der Waals surface area contributed by atoms with Crippen LogP contribution in [0.3, 0.4) is 0 Å². The Labute approximate surface area is 145 Å². The number of pyridine rings is 1. The number of primary amides is 1. The van der Waals surface area contributed by atoms with Crippen molar-refractivity contribution in [3.8, 4) is 0 Å². The fraction of sp³-hybridized carbons (Fsp3) is 0.667. The second kappa shape index (κ2) is 7.49. The predicted molar refractivity (Wildman–Crippen MR) is 98.5 cm³/mol. The SMILES string of the molecule is CCN1CCN(C(C)(C)CNc2nc(C)c(C)cc2C(N)=O)CC1. The van der Waals surface area contributed by atoms with Crippen LogP contribution in [0, 0.1) is 13.8 Å². The quantitative estimate of drug-likeness (QED) is 0.827. The van der Waals surface area contributed by atoms with Crippen LogP contribution in [0.15, 0.2) is 6.07 Å². The van der Waals surface area contributed by atoms with Gasteiger partial charge in [-0.2, -0.15) is 0 Å². The molecule has 0 saturated carbocycles. The number of aromatic nitrogens is 1. The number of hydrogen-bond donors (Lipinski definition) is 2. The smallest absolute Gasteiger partial charge is 0.252 e. The number of carbonyl (C=O) groups excluding carboxylic acids is 1. The Morgan fingerprint density at radius 1 is 1.29 bits per heavy atom. The second-order valence-corrected chi connectivity index (χ2v) is 7.24. The summed E-state index contributed by atoms with van der Waals surface area (Å²) >= 11 is 0. The molecule has 2 rings (SSSR count). The maximum atomic E-state index is 11.7. The Balaban J connectivity index is 2.07. The Bertz CT molecular complexity index is 591. The number of anilines is 1. The van der Waals surface area contributed by atoms with Gasteiger partial charge in [0.15, 0.2) is 0 Å². The highest BCUT2D eigenvalue weighted by molar-refractivity contribution is 5.97. The zero-order valence-corrected chi connectivity index (χ0v) is 15.6. The molecule has 1 amide bonds. The topological polar surface area (TPSA) is 74.5 Å². The van der Waals surface area contributed by atoms with Gasteiger partial charge in [0.1, 0.15) is 5.82 Å². The summed E-state index contributed by atoms with van der Waals surface area (Å²) in [6.45, 7) is 16.7. The summed E-state index contributed by atoms with van der Waals surface area (Å²) in [7, 11) is 0. The maximum Gasteiger partial charge on any atom is 0.252 e. The first-order chi connectivity index (χ1) is 11.2. The predicted octanol–water partition coefficient (Wildman–Crippen LogP) is 1.63. The van der Waals surface area contributed by atoms with Crippen molar-refractivity contribution in [1.82, 2.24) is 14.8 Å². The van der Waals surface area contributed by atoms with Crippen molar-refractivity contribution in [2.24, 2.45) is 5.73 Å². The van der Waals surface area contributed by atoms with Crippen LogP contribution in [0.2, 0.25) is 0 Å². The molecule has 0 aliphatic carbocycles. The Morgan fingerprint density at radius 3 is 2.46 bits per heavy atom. The van der Waals surface area contributed by atoms with E-state index in [1.54, 1.807) is 0 Å². The molecule has 2 heterocycles. The lowest BCUT2D eigenvalue weighted by molar-refractivity contribution is 0.0614. The van der Waals surface area contributed by atoms with E-state index in [0.29, 0.717) is 11.4 Å². The van der Waals surface area contributed by atoms with Crippen molar-refractivity contribution in [1.29, 1.82) is 0 Å². The second-order valence-electron chi connectivity index (χ2n) is 7.24. The van der Waals surface area contributed by atoms with Crippen molar-refractivity contribution < 1.29 is 4.79 Å². The molecular formula is C18H31N5O. The molecule has 0 bridgehead atoms. The van der Waals surface area contributed by atoms with Crippen LogP contribution in [-0.4, -0.2) is 65.5 Å². The molecule has 6 nitrogen and oxygen atoms in total. The first-order valence-corrected chi connectivity index (χ1v) is 8.74. The molecule has 0 aromatic carbocycles. The van der Waals surface area contributed by atoms with Crippen molar-refractivity contribution in [2.75, 3.05) is 44.6 Å². The molecule has 134 valence electrons. The van der Waals surface area contributed by atoms with Crippen LogP contribution in [-0.2, 0) is 0 Å². The van der Waals surface area contributed by atoms with Gasteiger partial charge in [-0.15, -0.1) is 0 Å². The largest absolute Gasteiger partial charge is 0.368 e. The number of aryl methyl sites for hydroxylation is 2. The van der Waals surface area contributed by atoms with Crippen LogP contribution in [0.5, 0.6) is 0 Å². The number of piperazine rings is 1. The molecule has 0 spiro atoms. The van der Waals surface area contributed by atoms with Crippen LogP contribution in [0.4, 0.5) is 5.82 Å². The molecule has 1 saturated heterocycles. The van der Waals surface area contributed by atoms with Gasteiger partial charge in [0, 0.05) is 44.0 Å². The number of amides is 1. The summed E-state index contributed by atoms with van der Waals surface area (Å²) in [5, 5.41) is 3.36. The van der Waals surface area contributed by atoms with Gasteiger partial charge in [0.05, 0.1) is 5.56 Å². The van der Waals surface area contributed by atoms with E-state index in [2.05, 4.69) is 40.9 Å². The van der Waals surface area contributed by atoms with E-state index < -0.39 is 5.91 Å². The molecule has 0 atom stereocenters. The number of likely N-dealkylation sites (N-methyl/N-ethyl adjacent to an activating group) is 1. The molecule has 1 aliphatic rings. The highest BCUT2D eigenvalue weighted by Gasteiger charge is 2.30. The van der Waals surface area contributed by atoms with E-state index in [4.69, 9.17) is 5.73 Å². The third-order valence-corrected chi connectivity index (χ3v) is 5.10. The highest BCUT2D eigenvalue weighted by atomic mass is 16.1. The first kappa shape index (κ1) is 18.7. The molecule has 24 heavy (non-hydrogen) atoms. The van der Waals surface area contributed by atoms with Crippen molar-refractivity contribution in [3.05, 3.63) is 22.9 Å². The van der Waals surface area contributed by atoms with Gasteiger partial charge >= 0.3 is 0 Å². The summed E-state index contributed by atoms with van der Waals surface area (Å²) in [6, 6.07) is 1.82. The van der Waals surface area contributed by atoms with Gasteiger partial charge in [-0.3, -0.25) is 9.69 Å². The van der Waals surface area contributed by atoms with E-state index in [9.17, 15) is 4.79 Å². The van der Waals surface area contributed by atoms with Crippen LogP contribution in [0.1, 0.15) is 42.4 Å².